The highest BCUT2D eigenvalue weighted by Gasteiger charge is 2.43. The first-order chi connectivity index (χ1) is 7.19. The Morgan fingerprint density at radius 2 is 1.93 bits per heavy atom. The van der Waals surface area contributed by atoms with Crippen LogP contribution < -0.4 is 9.47 Å². The Balaban J connectivity index is 2.08. The van der Waals surface area contributed by atoms with Gasteiger partial charge in [0, 0.05) is 0 Å². The molecular formula is C11H11BrO3. The topological polar surface area (TPSA) is 38.7 Å². The summed E-state index contributed by atoms with van der Waals surface area (Å²) in [6.45, 7) is 1.15. The number of rotatable bonds is 1. The van der Waals surface area contributed by atoms with Crippen molar-refractivity contribution in [2.75, 3.05) is 13.2 Å². The molecule has 1 fully saturated rings. The molecular weight excluding hydrogens is 260 g/mol. The van der Waals surface area contributed by atoms with Gasteiger partial charge < -0.3 is 14.6 Å². The normalized spacial score (nSPS) is 21.2. The van der Waals surface area contributed by atoms with E-state index in [0.29, 0.717) is 13.2 Å². The van der Waals surface area contributed by atoms with Crippen molar-refractivity contribution in [3.63, 3.8) is 0 Å². The number of benzene rings is 1. The molecule has 1 heterocycles. The maximum Gasteiger partial charge on any atom is 0.175 e. The Kier molecular flexibility index (Phi) is 1.97. The minimum absolute atomic E-state index is 0.571. The van der Waals surface area contributed by atoms with Crippen LogP contribution in [-0.2, 0) is 5.60 Å². The van der Waals surface area contributed by atoms with Crippen molar-refractivity contribution < 1.29 is 14.6 Å². The van der Waals surface area contributed by atoms with E-state index in [-0.39, 0.29) is 0 Å². The fourth-order valence-corrected chi connectivity index (χ4v) is 2.34. The highest BCUT2D eigenvalue weighted by molar-refractivity contribution is 9.10. The van der Waals surface area contributed by atoms with Gasteiger partial charge in [-0.1, -0.05) is 0 Å². The van der Waals surface area contributed by atoms with Crippen LogP contribution in [0.2, 0.25) is 0 Å². The lowest BCUT2D eigenvalue weighted by Gasteiger charge is -2.21. The van der Waals surface area contributed by atoms with Crippen molar-refractivity contribution in [1.29, 1.82) is 0 Å². The van der Waals surface area contributed by atoms with Crippen molar-refractivity contribution in [3.8, 4) is 11.5 Å². The minimum Gasteiger partial charge on any atom is -0.486 e. The van der Waals surface area contributed by atoms with Gasteiger partial charge in [0.05, 0.1) is 10.1 Å². The maximum atomic E-state index is 10.0. The van der Waals surface area contributed by atoms with Crippen LogP contribution in [0.25, 0.3) is 0 Å². The number of hydrogen-bond donors (Lipinski definition) is 1. The van der Waals surface area contributed by atoms with Crippen molar-refractivity contribution in [2.45, 2.75) is 18.4 Å². The van der Waals surface area contributed by atoms with Gasteiger partial charge in [-0.2, -0.15) is 0 Å². The van der Waals surface area contributed by atoms with Gasteiger partial charge >= 0.3 is 0 Å². The van der Waals surface area contributed by atoms with E-state index in [1.165, 1.54) is 0 Å². The summed E-state index contributed by atoms with van der Waals surface area (Å²) in [5.74, 6) is 1.47. The summed E-state index contributed by atoms with van der Waals surface area (Å²) in [5, 5.41) is 10.0. The molecule has 4 heteroatoms. The molecule has 3 rings (SSSR count). The summed E-state index contributed by atoms with van der Waals surface area (Å²) in [4.78, 5) is 0. The average molecular weight is 271 g/mol. The molecule has 0 atom stereocenters. The predicted molar refractivity (Wildman–Crippen MR) is 58.3 cm³/mol. The molecule has 1 saturated carbocycles. The van der Waals surface area contributed by atoms with Crippen LogP contribution >= 0.6 is 15.9 Å². The molecule has 0 aromatic heterocycles. The second-order valence-electron chi connectivity index (χ2n) is 4.01. The Bertz CT molecular complexity index is 413. The van der Waals surface area contributed by atoms with Gasteiger partial charge in [-0.25, -0.2) is 0 Å². The third-order valence-electron chi connectivity index (χ3n) is 2.86. The zero-order chi connectivity index (χ0) is 10.5. The summed E-state index contributed by atoms with van der Waals surface area (Å²) in [6, 6.07) is 3.80. The van der Waals surface area contributed by atoms with E-state index in [4.69, 9.17) is 9.47 Å². The third kappa shape index (κ3) is 1.52. The maximum absolute atomic E-state index is 10.0. The first kappa shape index (κ1) is 9.48. The van der Waals surface area contributed by atoms with E-state index in [1.54, 1.807) is 0 Å². The molecule has 15 heavy (non-hydrogen) atoms. The van der Waals surface area contributed by atoms with Crippen LogP contribution in [0.15, 0.2) is 16.6 Å². The quantitative estimate of drug-likeness (QED) is 0.851. The summed E-state index contributed by atoms with van der Waals surface area (Å²) in [6.07, 6.45) is 1.66. The van der Waals surface area contributed by atoms with Crippen molar-refractivity contribution in [3.05, 3.63) is 22.2 Å². The zero-order valence-corrected chi connectivity index (χ0v) is 9.71. The molecule has 1 aromatic carbocycles. The third-order valence-corrected chi connectivity index (χ3v) is 3.45. The molecule has 1 aliphatic carbocycles. The monoisotopic (exact) mass is 270 g/mol. The van der Waals surface area contributed by atoms with E-state index in [2.05, 4.69) is 15.9 Å². The van der Waals surface area contributed by atoms with Crippen molar-refractivity contribution in [1.82, 2.24) is 0 Å². The minimum atomic E-state index is -0.627. The molecule has 0 spiro atoms. The molecule has 80 valence electrons. The Morgan fingerprint density at radius 3 is 2.67 bits per heavy atom. The number of aliphatic hydroxyl groups is 1. The number of halogens is 1. The van der Waals surface area contributed by atoms with E-state index in [0.717, 1.165) is 34.4 Å². The molecule has 0 saturated heterocycles. The fraction of sp³-hybridized carbons (Fsp3) is 0.455. The van der Waals surface area contributed by atoms with Crippen LogP contribution in [0, 0.1) is 0 Å². The van der Waals surface area contributed by atoms with Crippen molar-refractivity contribution in [2.24, 2.45) is 0 Å². The van der Waals surface area contributed by atoms with Gasteiger partial charge in [0.2, 0.25) is 0 Å². The molecule has 1 N–H and O–H groups in total. The number of ether oxygens (including phenoxy) is 2. The first-order valence-corrected chi connectivity index (χ1v) is 5.80. The van der Waals surface area contributed by atoms with Gasteiger partial charge in [-0.15, -0.1) is 0 Å². The van der Waals surface area contributed by atoms with Gasteiger partial charge in [-0.3, -0.25) is 0 Å². The van der Waals surface area contributed by atoms with E-state index in [9.17, 15) is 5.11 Å². The number of fused-ring (bicyclic) bond motifs is 1. The van der Waals surface area contributed by atoms with Crippen molar-refractivity contribution >= 4 is 15.9 Å². The largest absolute Gasteiger partial charge is 0.486 e. The lowest BCUT2D eigenvalue weighted by Crippen LogP contribution is -2.16. The summed E-state index contributed by atoms with van der Waals surface area (Å²) < 4.78 is 11.8. The van der Waals surface area contributed by atoms with Gasteiger partial charge in [0.1, 0.15) is 13.2 Å². The first-order valence-electron chi connectivity index (χ1n) is 5.01. The predicted octanol–water partition coefficient (Wildman–Crippen LogP) is 2.20. The Labute approximate surface area is 96.1 Å². The standard InChI is InChI=1S/C11H11BrO3/c12-8-5-7(11(13)1-2-11)6-9-10(8)15-4-3-14-9/h5-6,13H,1-4H2. The van der Waals surface area contributed by atoms with Gasteiger partial charge in [-0.05, 0) is 46.5 Å². The van der Waals surface area contributed by atoms with Crippen LogP contribution in [0.1, 0.15) is 18.4 Å². The average Bonchev–Trinajstić information content (AvgIpc) is 2.98. The fourth-order valence-electron chi connectivity index (χ4n) is 1.79. The van der Waals surface area contributed by atoms with Crippen LogP contribution in [0.4, 0.5) is 0 Å². The van der Waals surface area contributed by atoms with E-state index < -0.39 is 5.60 Å². The van der Waals surface area contributed by atoms with Crippen LogP contribution in [0.5, 0.6) is 11.5 Å². The molecule has 1 aliphatic heterocycles. The lowest BCUT2D eigenvalue weighted by molar-refractivity contribution is 0.147. The molecule has 3 nitrogen and oxygen atoms in total. The Hall–Kier alpha value is -0.740. The summed E-state index contributed by atoms with van der Waals surface area (Å²) in [7, 11) is 0. The molecule has 0 amide bonds. The van der Waals surface area contributed by atoms with Gasteiger partial charge in [0.25, 0.3) is 0 Å². The smallest absolute Gasteiger partial charge is 0.175 e. The van der Waals surface area contributed by atoms with Crippen LogP contribution in [0.3, 0.4) is 0 Å². The van der Waals surface area contributed by atoms with E-state index >= 15 is 0 Å². The molecule has 0 bridgehead atoms. The number of hydrogen-bond acceptors (Lipinski definition) is 3. The molecule has 0 unspecified atom stereocenters. The SMILES string of the molecule is OC1(c2cc(Br)c3c(c2)OCCO3)CC1. The second-order valence-corrected chi connectivity index (χ2v) is 4.87. The molecule has 2 aliphatic rings. The lowest BCUT2D eigenvalue weighted by atomic mass is 10.1. The molecule has 1 aromatic rings. The zero-order valence-electron chi connectivity index (χ0n) is 8.12. The highest BCUT2D eigenvalue weighted by atomic mass is 79.9. The summed E-state index contributed by atoms with van der Waals surface area (Å²) >= 11 is 3.44. The highest BCUT2D eigenvalue weighted by Crippen LogP contribution is 2.49. The molecule has 0 radical (unpaired) electrons. The van der Waals surface area contributed by atoms with Gasteiger partial charge in [0.15, 0.2) is 11.5 Å². The summed E-state index contributed by atoms with van der Waals surface area (Å²) in [5.41, 5.74) is 0.289. The Morgan fingerprint density at radius 1 is 1.20 bits per heavy atom. The second kappa shape index (κ2) is 3.12. The van der Waals surface area contributed by atoms with Crippen LogP contribution in [-0.4, -0.2) is 18.3 Å². The van der Waals surface area contributed by atoms with E-state index in [1.807, 2.05) is 12.1 Å².